The zero-order valence-corrected chi connectivity index (χ0v) is 16.1. The van der Waals surface area contributed by atoms with Gasteiger partial charge in [0, 0.05) is 33.6 Å². The van der Waals surface area contributed by atoms with Crippen molar-refractivity contribution < 1.29 is 17.6 Å². The first kappa shape index (κ1) is 21.5. The van der Waals surface area contributed by atoms with E-state index in [2.05, 4.69) is 0 Å². The van der Waals surface area contributed by atoms with E-state index in [0.717, 1.165) is 12.1 Å². The van der Waals surface area contributed by atoms with E-state index in [9.17, 15) is 17.6 Å². The average molecular weight is 373 g/mol. The fraction of sp³-hybridized carbons (Fsp3) is 0.588. The first-order valence-electron chi connectivity index (χ1n) is 8.15. The summed E-state index contributed by atoms with van der Waals surface area (Å²) in [5.74, 6) is -0.537. The fourth-order valence-corrected chi connectivity index (χ4v) is 3.55. The van der Waals surface area contributed by atoms with Gasteiger partial charge in [0.25, 0.3) is 0 Å². The van der Waals surface area contributed by atoms with E-state index in [4.69, 9.17) is 5.73 Å². The predicted molar refractivity (Wildman–Crippen MR) is 95.9 cm³/mol. The van der Waals surface area contributed by atoms with Gasteiger partial charge in [0.05, 0.1) is 4.90 Å². The Hall–Kier alpha value is -1.51. The average Bonchev–Trinajstić information content (AvgIpc) is 2.54. The Kier molecular flexibility index (Phi) is 7.52. The SMILES string of the molecule is CN(CC(C)(C)CN)C(=O)CCCN(C)S(=O)(=O)c1ccc(F)cc1. The molecule has 25 heavy (non-hydrogen) atoms. The summed E-state index contributed by atoms with van der Waals surface area (Å²) in [4.78, 5) is 13.8. The third-order valence-electron chi connectivity index (χ3n) is 4.03. The summed E-state index contributed by atoms with van der Waals surface area (Å²) in [5.41, 5.74) is 5.51. The summed E-state index contributed by atoms with van der Waals surface area (Å²) in [5, 5.41) is 0. The van der Waals surface area contributed by atoms with E-state index in [1.807, 2.05) is 13.8 Å². The van der Waals surface area contributed by atoms with E-state index < -0.39 is 15.8 Å². The number of nitrogens with zero attached hydrogens (tertiary/aromatic N) is 2. The van der Waals surface area contributed by atoms with Gasteiger partial charge in [0.2, 0.25) is 15.9 Å². The summed E-state index contributed by atoms with van der Waals surface area (Å²) in [6, 6.07) is 4.68. The molecule has 2 N–H and O–H groups in total. The summed E-state index contributed by atoms with van der Waals surface area (Å²) >= 11 is 0. The molecule has 0 fully saturated rings. The van der Waals surface area contributed by atoms with Gasteiger partial charge in [-0.2, -0.15) is 0 Å². The summed E-state index contributed by atoms with van der Waals surface area (Å²) in [6.07, 6.45) is 0.656. The molecule has 0 saturated carbocycles. The molecule has 142 valence electrons. The summed E-state index contributed by atoms with van der Waals surface area (Å²) in [7, 11) is -0.512. The second kappa shape index (κ2) is 8.73. The molecule has 1 aromatic rings. The Morgan fingerprint density at radius 1 is 1.20 bits per heavy atom. The number of hydrogen-bond donors (Lipinski definition) is 1. The lowest BCUT2D eigenvalue weighted by Gasteiger charge is -2.29. The van der Waals surface area contributed by atoms with Gasteiger partial charge in [-0.3, -0.25) is 4.79 Å². The van der Waals surface area contributed by atoms with Gasteiger partial charge in [0.1, 0.15) is 5.82 Å². The summed E-state index contributed by atoms with van der Waals surface area (Å²) in [6.45, 7) is 5.20. The molecule has 0 atom stereocenters. The Labute approximate surface area is 149 Å². The number of rotatable bonds is 9. The molecule has 1 amide bonds. The number of amides is 1. The molecular weight excluding hydrogens is 345 g/mol. The van der Waals surface area contributed by atoms with Crippen LogP contribution in [0.15, 0.2) is 29.2 Å². The fourth-order valence-electron chi connectivity index (χ4n) is 2.35. The van der Waals surface area contributed by atoms with E-state index in [1.165, 1.54) is 23.5 Å². The normalized spacial score (nSPS) is 12.4. The third kappa shape index (κ3) is 6.37. The smallest absolute Gasteiger partial charge is 0.242 e. The standard InChI is InChI=1S/C17H28FN3O3S/c1-17(2,12-19)13-20(3)16(22)6-5-11-21(4)25(23,24)15-9-7-14(18)8-10-15/h7-10H,5-6,11-13,19H2,1-4H3. The monoisotopic (exact) mass is 373 g/mol. The quantitative estimate of drug-likeness (QED) is 0.714. The molecule has 1 aromatic carbocycles. The molecule has 0 aliphatic heterocycles. The number of halogens is 1. The number of sulfonamides is 1. The van der Waals surface area contributed by atoms with E-state index in [-0.39, 0.29) is 29.2 Å². The van der Waals surface area contributed by atoms with Crippen molar-refractivity contribution >= 4 is 15.9 Å². The molecule has 0 spiro atoms. The van der Waals surface area contributed by atoms with Crippen LogP contribution < -0.4 is 5.73 Å². The van der Waals surface area contributed by atoms with Gasteiger partial charge < -0.3 is 10.6 Å². The molecule has 8 heteroatoms. The van der Waals surface area contributed by atoms with Crippen molar-refractivity contribution in [2.24, 2.45) is 11.1 Å². The van der Waals surface area contributed by atoms with Crippen molar-refractivity contribution in [1.82, 2.24) is 9.21 Å². The van der Waals surface area contributed by atoms with E-state index in [0.29, 0.717) is 19.5 Å². The molecule has 0 saturated heterocycles. The van der Waals surface area contributed by atoms with Crippen LogP contribution in [-0.2, 0) is 14.8 Å². The molecule has 0 heterocycles. The Balaban J connectivity index is 2.54. The lowest BCUT2D eigenvalue weighted by Crippen LogP contribution is -2.40. The number of hydrogen-bond acceptors (Lipinski definition) is 4. The van der Waals surface area contributed by atoms with Crippen LogP contribution in [0.1, 0.15) is 26.7 Å². The lowest BCUT2D eigenvalue weighted by atomic mass is 9.93. The number of carbonyl (C=O) groups is 1. The maximum Gasteiger partial charge on any atom is 0.242 e. The highest BCUT2D eigenvalue weighted by Gasteiger charge is 2.23. The first-order valence-corrected chi connectivity index (χ1v) is 9.59. The van der Waals surface area contributed by atoms with Crippen LogP contribution in [0, 0.1) is 11.2 Å². The minimum absolute atomic E-state index is 0.0320. The topological polar surface area (TPSA) is 83.7 Å². The molecule has 1 rings (SSSR count). The highest BCUT2D eigenvalue weighted by molar-refractivity contribution is 7.89. The molecule has 6 nitrogen and oxygen atoms in total. The van der Waals surface area contributed by atoms with Crippen LogP contribution in [0.5, 0.6) is 0 Å². The van der Waals surface area contributed by atoms with Gasteiger partial charge in [-0.1, -0.05) is 13.8 Å². The van der Waals surface area contributed by atoms with Gasteiger partial charge in [-0.05, 0) is 42.6 Å². The van der Waals surface area contributed by atoms with Crippen molar-refractivity contribution in [3.8, 4) is 0 Å². The third-order valence-corrected chi connectivity index (χ3v) is 5.90. The molecule has 0 aliphatic rings. The highest BCUT2D eigenvalue weighted by atomic mass is 32.2. The number of nitrogens with two attached hydrogens (primary N) is 1. The molecule has 0 radical (unpaired) electrons. The Morgan fingerprint density at radius 2 is 1.76 bits per heavy atom. The maximum absolute atomic E-state index is 12.9. The molecule has 0 aliphatic carbocycles. The predicted octanol–water partition coefficient (Wildman–Crippen LogP) is 1.67. The van der Waals surface area contributed by atoms with Gasteiger partial charge in [0.15, 0.2) is 0 Å². The van der Waals surface area contributed by atoms with Crippen LogP contribution in [0.3, 0.4) is 0 Å². The van der Waals surface area contributed by atoms with Crippen LogP contribution in [0.2, 0.25) is 0 Å². The van der Waals surface area contributed by atoms with Crippen LogP contribution in [0.4, 0.5) is 4.39 Å². The molecule has 0 bridgehead atoms. The zero-order chi connectivity index (χ0) is 19.3. The number of carbonyl (C=O) groups excluding carboxylic acids is 1. The van der Waals surface area contributed by atoms with E-state index in [1.54, 1.807) is 11.9 Å². The van der Waals surface area contributed by atoms with Crippen molar-refractivity contribution in [1.29, 1.82) is 0 Å². The van der Waals surface area contributed by atoms with Gasteiger partial charge in [-0.25, -0.2) is 17.1 Å². The second-order valence-electron chi connectivity index (χ2n) is 7.00. The number of benzene rings is 1. The minimum Gasteiger partial charge on any atom is -0.345 e. The van der Waals surface area contributed by atoms with Crippen LogP contribution >= 0.6 is 0 Å². The summed E-state index contributed by atoms with van der Waals surface area (Å²) < 4.78 is 38.9. The maximum atomic E-state index is 12.9. The molecule has 0 aromatic heterocycles. The zero-order valence-electron chi connectivity index (χ0n) is 15.3. The largest absolute Gasteiger partial charge is 0.345 e. The van der Waals surface area contributed by atoms with Gasteiger partial charge >= 0.3 is 0 Å². The Bertz CT molecular complexity index is 675. The first-order chi connectivity index (χ1) is 11.5. The van der Waals surface area contributed by atoms with Crippen LogP contribution in [0.25, 0.3) is 0 Å². The molecule has 0 unspecified atom stereocenters. The second-order valence-corrected chi connectivity index (χ2v) is 9.05. The van der Waals surface area contributed by atoms with Gasteiger partial charge in [-0.15, -0.1) is 0 Å². The van der Waals surface area contributed by atoms with E-state index >= 15 is 0 Å². The minimum atomic E-state index is -3.68. The van der Waals surface area contributed by atoms with Crippen molar-refractivity contribution in [2.75, 3.05) is 33.7 Å². The van der Waals surface area contributed by atoms with Crippen LogP contribution in [-0.4, -0.2) is 57.3 Å². The van der Waals surface area contributed by atoms with Crippen molar-refractivity contribution in [3.63, 3.8) is 0 Å². The molecular formula is C17H28FN3O3S. The van der Waals surface area contributed by atoms with Crippen molar-refractivity contribution in [3.05, 3.63) is 30.1 Å². The Morgan fingerprint density at radius 3 is 2.28 bits per heavy atom. The highest BCUT2D eigenvalue weighted by Crippen LogP contribution is 2.17. The van der Waals surface area contributed by atoms with Crippen molar-refractivity contribution in [2.45, 2.75) is 31.6 Å². The lowest BCUT2D eigenvalue weighted by molar-refractivity contribution is -0.131.